The summed E-state index contributed by atoms with van der Waals surface area (Å²) < 4.78 is 8.76. The molecule has 0 spiro atoms. The maximum atomic E-state index is 11.7. The van der Waals surface area contributed by atoms with E-state index in [1.165, 1.54) is 78.9 Å². The number of aliphatic hydroxyl groups excluding tert-OH is 3. The first-order valence-electron chi connectivity index (χ1n) is 14.8. The Morgan fingerprint density at radius 2 is 1.22 bits per heavy atom. The fourth-order valence-corrected chi connectivity index (χ4v) is 4.61. The van der Waals surface area contributed by atoms with Gasteiger partial charge >= 0.3 is 23.9 Å². The van der Waals surface area contributed by atoms with Crippen molar-refractivity contribution in [3.05, 3.63) is 114 Å². The summed E-state index contributed by atoms with van der Waals surface area (Å²) in [5.41, 5.74) is 2.64. The topological polar surface area (TPSA) is 151 Å². The number of hydrogen-bond acceptors (Lipinski definition) is 10. The number of unbranched alkanes of at least 4 members (excludes halogenated alkanes) is 2. The van der Waals surface area contributed by atoms with Crippen molar-refractivity contribution in [2.75, 3.05) is 26.2 Å². The van der Waals surface area contributed by atoms with Crippen LogP contribution in [0.1, 0.15) is 52.5 Å². The van der Waals surface area contributed by atoms with Crippen molar-refractivity contribution in [3.63, 3.8) is 0 Å². The number of nitrogens with zero attached hydrogens (tertiary/aromatic N) is 1. The molecule has 0 aromatic heterocycles. The van der Waals surface area contributed by atoms with Crippen molar-refractivity contribution in [1.29, 1.82) is 0 Å². The lowest BCUT2D eigenvalue weighted by Crippen LogP contribution is -2.43. The largest absolute Gasteiger partial charge is 0.396 e. The van der Waals surface area contributed by atoms with Crippen molar-refractivity contribution in [1.82, 2.24) is 4.90 Å². The number of hydrogen-bond donors (Lipinski definition) is 3. The molecular weight excluding hydrogens is 578 g/mol. The first-order valence-corrected chi connectivity index (χ1v) is 14.8. The quantitative estimate of drug-likeness (QED) is 0.165. The lowest BCUT2D eigenvalue weighted by atomic mass is 9.89. The molecule has 1 aliphatic rings. The van der Waals surface area contributed by atoms with Gasteiger partial charge in [0.05, 0.1) is 17.7 Å². The Kier molecular flexibility index (Phi) is 14.3. The van der Waals surface area contributed by atoms with Gasteiger partial charge in [-0.2, -0.15) is 0 Å². The first kappa shape index (κ1) is 35.0. The summed E-state index contributed by atoms with van der Waals surface area (Å²) >= 11 is 0. The maximum Gasteiger partial charge on any atom is 0.346 e. The third kappa shape index (κ3) is 10.9. The van der Waals surface area contributed by atoms with Gasteiger partial charge in [-0.25, -0.2) is 19.2 Å². The third-order valence-corrected chi connectivity index (χ3v) is 7.08. The van der Waals surface area contributed by atoms with E-state index in [-0.39, 0.29) is 23.7 Å². The number of carbonyl (C=O) groups is 4. The number of carbonyl (C=O) groups excluding carboxylic acids is 4. The van der Waals surface area contributed by atoms with E-state index in [0.717, 1.165) is 19.6 Å². The number of rotatable bonds is 11. The van der Waals surface area contributed by atoms with Gasteiger partial charge in [-0.05, 0) is 48.4 Å². The van der Waals surface area contributed by atoms with Crippen LogP contribution in [0, 0.1) is 5.92 Å². The fraction of sp³-hybridized carbons (Fsp3) is 0.314. The zero-order valence-corrected chi connectivity index (χ0v) is 25.2. The van der Waals surface area contributed by atoms with E-state index in [0.29, 0.717) is 0 Å². The molecule has 10 heteroatoms. The second-order valence-corrected chi connectivity index (χ2v) is 10.4. The molecule has 0 saturated heterocycles. The smallest absolute Gasteiger partial charge is 0.346 e. The highest BCUT2D eigenvalue weighted by Crippen LogP contribution is 2.27. The van der Waals surface area contributed by atoms with Crippen molar-refractivity contribution < 1.29 is 44.0 Å². The van der Waals surface area contributed by atoms with E-state index in [4.69, 9.17) is 0 Å². The predicted octanol–water partition coefficient (Wildman–Crippen LogP) is 3.66. The van der Waals surface area contributed by atoms with E-state index in [2.05, 4.69) is 51.6 Å². The molecule has 0 saturated carbocycles. The van der Waals surface area contributed by atoms with Crippen LogP contribution in [0.4, 0.5) is 0 Å². The summed E-state index contributed by atoms with van der Waals surface area (Å²) in [6, 6.07) is 25.3. The van der Waals surface area contributed by atoms with Crippen molar-refractivity contribution in [2.24, 2.45) is 5.92 Å². The van der Waals surface area contributed by atoms with E-state index in [9.17, 15) is 34.5 Å². The SMILES string of the molecule is CCCCCN1CC=C(c2ccccc2)C(CO)C1.O=C(OC(=O)C(O)C(O)C(=O)OC(=O)c1ccccc1)c1ccccc1. The number of aliphatic hydroxyl groups is 3. The Morgan fingerprint density at radius 3 is 1.67 bits per heavy atom. The highest BCUT2D eigenvalue weighted by molar-refractivity contribution is 6.01. The van der Waals surface area contributed by atoms with Gasteiger partial charge in [0.2, 0.25) is 0 Å². The van der Waals surface area contributed by atoms with Crippen LogP contribution >= 0.6 is 0 Å². The molecule has 45 heavy (non-hydrogen) atoms. The zero-order valence-electron chi connectivity index (χ0n) is 25.2. The lowest BCUT2D eigenvalue weighted by molar-refractivity contribution is -0.166. The van der Waals surface area contributed by atoms with Crippen LogP contribution in [-0.2, 0) is 19.1 Å². The molecule has 0 amide bonds. The summed E-state index contributed by atoms with van der Waals surface area (Å²) in [5.74, 6) is -5.00. The molecule has 0 radical (unpaired) electrons. The van der Waals surface area contributed by atoms with Crippen LogP contribution < -0.4 is 0 Å². The van der Waals surface area contributed by atoms with E-state index in [1.54, 1.807) is 12.1 Å². The molecule has 3 N–H and O–H groups in total. The van der Waals surface area contributed by atoms with Gasteiger partial charge in [-0.3, -0.25) is 4.90 Å². The lowest BCUT2D eigenvalue weighted by Gasteiger charge is -2.32. The number of ether oxygens (including phenoxy) is 2. The monoisotopic (exact) mass is 617 g/mol. The van der Waals surface area contributed by atoms with Crippen molar-refractivity contribution >= 4 is 29.5 Å². The van der Waals surface area contributed by atoms with E-state index in [1.807, 2.05) is 6.07 Å². The molecule has 1 heterocycles. The number of esters is 4. The summed E-state index contributed by atoms with van der Waals surface area (Å²) in [4.78, 5) is 49.2. The Labute approximate surface area is 262 Å². The molecule has 0 bridgehead atoms. The Morgan fingerprint density at radius 1 is 0.756 bits per heavy atom. The Balaban J connectivity index is 0.000000257. The maximum absolute atomic E-state index is 11.7. The standard InChI is InChI=1S/C18H14O8.C17H25NO/c19-13(17(23)25-15(21)11-7-3-1-4-8-11)14(20)18(24)26-16(22)12-9-5-2-6-10-12;1-2-3-7-11-18-12-10-17(16(13-18)14-19)15-8-5-4-6-9-15/h1-10,13-14,19-20H;4-6,8-10,16,19H,2-3,7,11-14H2,1H3. The van der Waals surface area contributed by atoms with Crippen LogP contribution in [0.2, 0.25) is 0 Å². The highest BCUT2D eigenvalue weighted by Gasteiger charge is 2.35. The van der Waals surface area contributed by atoms with Crippen LogP contribution in [0.3, 0.4) is 0 Å². The van der Waals surface area contributed by atoms with Crippen LogP contribution in [0.5, 0.6) is 0 Å². The van der Waals surface area contributed by atoms with Crippen molar-refractivity contribution in [2.45, 2.75) is 38.4 Å². The summed E-state index contributed by atoms with van der Waals surface area (Å²) in [6.45, 7) is 5.64. The summed E-state index contributed by atoms with van der Waals surface area (Å²) in [5, 5.41) is 28.9. The van der Waals surface area contributed by atoms with E-state index < -0.39 is 36.1 Å². The summed E-state index contributed by atoms with van der Waals surface area (Å²) in [6.07, 6.45) is 1.32. The molecule has 4 rings (SSSR count). The van der Waals surface area contributed by atoms with Gasteiger partial charge < -0.3 is 24.8 Å². The minimum Gasteiger partial charge on any atom is -0.396 e. The van der Waals surface area contributed by atoms with Gasteiger partial charge in [-0.15, -0.1) is 0 Å². The first-order chi connectivity index (χ1) is 21.7. The average molecular weight is 618 g/mol. The second kappa shape index (κ2) is 18.4. The predicted molar refractivity (Wildman–Crippen MR) is 167 cm³/mol. The van der Waals surface area contributed by atoms with Gasteiger partial charge in [0.1, 0.15) is 0 Å². The molecule has 10 nitrogen and oxygen atoms in total. The molecule has 3 aromatic rings. The zero-order chi connectivity index (χ0) is 32.6. The molecule has 238 valence electrons. The molecule has 0 aliphatic carbocycles. The van der Waals surface area contributed by atoms with E-state index >= 15 is 0 Å². The normalized spacial score (nSPS) is 15.8. The number of benzene rings is 3. The Bertz CT molecular complexity index is 1340. The molecule has 3 unspecified atom stereocenters. The molecule has 3 aromatic carbocycles. The average Bonchev–Trinajstić information content (AvgIpc) is 3.09. The van der Waals surface area contributed by atoms with Crippen molar-refractivity contribution in [3.8, 4) is 0 Å². The van der Waals surface area contributed by atoms with Crippen LogP contribution in [-0.4, -0.2) is 82.5 Å². The molecule has 0 fully saturated rings. The minimum atomic E-state index is -2.40. The van der Waals surface area contributed by atoms with Gasteiger partial charge in [0, 0.05) is 19.0 Å². The minimum absolute atomic E-state index is 0.0318. The highest BCUT2D eigenvalue weighted by atomic mass is 16.6. The van der Waals surface area contributed by atoms with Gasteiger partial charge in [-0.1, -0.05) is 92.6 Å². The Hall–Kier alpha value is -4.48. The molecule has 1 aliphatic heterocycles. The summed E-state index contributed by atoms with van der Waals surface area (Å²) in [7, 11) is 0. The van der Waals surface area contributed by atoms with Crippen LogP contribution in [0.15, 0.2) is 97.1 Å². The fourth-order valence-electron chi connectivity index (χ4n) is 4.61. The van der Waals surface area contributed by atoms with Gasteiger partial charge in [0.25, 0.3) is 0 Å². The van der Waals surface area contributed by atoms with Crippen LogP contribution in [0.25, 0.3) is 5.57 Å². The molecule has 3 atom stereocenters. The third-order valence-electron chi connectivity index (χ3n) is 7.08. The molecular formula is C35H39NO9. The second-order valence-electron chi connectivity index (χ2n) is 10.4. The van der Waals surface area contributed by atoms with Gasteiger partial charge in [0.15, 0.2) is 12.2 Å².